The molecule has 1 aliphatic carbocycles. The molecule has 1 heterocycles. The second-order valence-electron chi connectivity index (χ2n) is 7.69. The van der Waals surface area contributed by atoms with E-state index in [-0.39, 0.29) is 10.8 Å². The molecule has 1 aromatic heterocycles. The van der Waals surface area contributed by atoms with Gasteiger partial charge < -0.3 is 5.32 Å². The van der Waals surface area contributed by atoms with Crippen molar-refractivity contribution in [3.63, 3.8) is 0 Å². The van der Waals surface area contributed by atoms with Gasteiger partial charge in [0.25, 0.3) is 10.0 Å². The minimum absolute atomic E-state index is 0.0271. The first-order chi connectivity index (χ1) is 14.4. The largest absolute Gasteiger partial charge is 0.326 e. The van der Waals surface area contributed by atoms with Gasteiger partial charge in [-0.15, -0.1) is 9.19 Å². The SMILES string of the molecule is Cc1cc(NC(=O)CC2CCCC2)ccc1S(=O)(=O)n1cnc(-c2ccccc2)n1. The van der Waals surface area contributed by atoms with Gasteiger partial charge in [-0.2, -0.15) is 8.42 Å². The molecule has 0 unspecified atom stereocenters. The maximum Gasteiger partial charge on any atom is 0.284 e. The number of benzene rings is 2. The number of carbonyl (C=O) groups is 1. The van der Waals surface area contributed by atoms with Gasteiger partial charge in [0.05, 0.1) is 4.90 Å². The van der Waals surface area contributed by atoms with Gasteiger partial charge in [0, 0.05) is 17.7 Å². The van der Waals surface area contributed by atoms with E-state index in [1.165, 1.54) is 25.2 Å². The number of carbonyl (C=O) groups excluding carboxylic acids is 1. The van der Waals surface area contributed by atoms with Crippen LogP contribution >= 0.6 is 0 Å². The van der Waals surface area contributed by atoms with Crippen molar-refractivity contribution in [1.82, 2.24) is 14.2 Å². The lowest BCUT2D eigenvalue weighted by molar-refractivity contribution is -0.117. The Morgan fingerprint density at radius 3 is 2.57 bits per heavy atom. The molecule has 30 heavy (non-hydrogen) atoms. The number of aryl methyl sites for hydroxylation is 1. The number of hydrogen-bond donors (Lipinski definition) is 1. The molecule has 0 aliphatic heterocycles. The van der Waals surface area contributed by atoms with Crippen LogP contribution in [0.2, 0.25) is 0 Å². The first-order valence-electron chi connectivity index (χ1n) is 10.1. The predicted octanol–water partition coefficient (Wildman–Crippen LogP) is 4.01. The average Bonchev–Trinajstić information content (AvgIpc) is 3.41. The molecule has 0 atom stereocenters. The Morgan fingerprint density at radius 2 is 1.87 bits per heavy atom. The predicted molar refractivity (Wildman–Crippen MR) is 114 cm³/mol. The van der Waals surface area contributed by atoms with Crippen LogP contribution in [0, 0.1) is 12.8 Å². The van der Waals surface area contributed by atoms with Crippen molar-refractivity contribution in [3.05, 3.63) is 60.4 Å². The molecule has 1 N–H and O–H groups in total. The first-order valence-corrected chi connectivity index (χ1v) is 11.5. The summed E-state index contributed by atoms with van der Waals surface area (Å²) in [6, 6.07) is 14.0. The van der Waals surface area contributed by atoms with Crippen molar-refractivity contribution in [1.29, 1.82) is 0 Å². The smallest absolute Gasteiger partial charge is 0.284 e. The summed E-state index contributed by atoms with van der Waals surface area (Å²) in [5.41, 5.74) is 1.87. The van der Waals surface area contributed by atoms with Crippen molar-refractivity contribution in [3.8, 4) is 11.4 Å². The average molecular weight is 425 g/mol. The third-order valence-electron chi connectivity index (χ3n) is 5.44. The van der Waals surface area contributed by atoms with E-state index < -0.39 is 10.0 Å². The molecule has 0 bridgehead atoms. The number of amides is 1. The standard InChI is InChI=1S/C22H24N4O3S/c1-16-13-19(24-21(27)14-17-7-5-6-8-17)11-12-20(16)30(28,29)26-15-23-22(25-26)18-9-3-2-4-10-18/h2-4,9-13,15,17H,5-8,14H2,1H3,(H,24,27). The van der Waals surface area contributed by atoms with Crippen LogP contribution in [0.5, 0.6) is 0 Å². The third kappa shape index (κ3) is 4.28. The van der Waals surface area contributed by atoms with Gasteiger partial charge in [-0.1, -0.05) is 43.2 Å². The van der Waals surface area contributed by atoms with Crippen LogP contribution < -0.4 is 5.32 Å². The Hall–Kier alpha value is -3.00. The molecule has 4 rings (SSSR count). The molecule has 0 radical (unpaired) electrons. The van der Waals surface area contributed by atoms with E-state index in [0.717, 1.165) is 22.5 Å². The third-order valence-corrected chi connectivity index (χ3v) is 7.12. The van der Waals surface area contributed by atoms with E-state index in [4.69, 9.17) is 0 Å². The Labute approximate surface area is 176 Å². The van der Waals surface area contributed by atoms with Crippen LogP contribution in [-0.2, 0) is 14.8 Å². The number of aromatic nitrogens is 3. The monoisotopic (exact) mass is 424 g/mol. The van der Waals surface area contributed by atoms with Crippen LogP contribution in [0.4, 0.5) is 5.69 Å². The number of anilines is 1. The highest BCUT2D eigenvalue weighted by Gasteiger charge is 2.23. The minimum Gasteiger partial charge on any atom is -0.326 e. The van der Waals surface area contributed by atoms with E-state index in [0.29, 0.717) is 29.4 Å². The van der Waals surface area contributed by atoms with E-state index in [1.54, 1.807) is 19.1 Å². The van der Waals surface area contributed by atoms with Crippen molar-refractivity contribution in [2.75, 3.05) is 5.32 Å². The molecule has 2 aromatic carbocycles. The number of rotatable bonds is 6. The van der Waals surface area contributed by atoms with Gasteiger partial charge in [0.15, 0.2) is 5.82 Å². The lowest BCUT2D eigenvalue weighted by Gasteiger charge is -2.12. The molecule has 1 amide bonds. The van der Waals surface area contributed by atoms with E-state index in [2.05, 4.69) is 15.4 Å². The zero-order valence-corrected chi connectivity index (χ0v) is 17.6. The Bertz CT molecular complexity index is 1150. The fourth-order valence-electron chi connectivity index (χ4n) is 3.89. The highest BCUT2D eigenvalue weighted by molar-refractivity contribution is 7.89. The lowest BCUT2D eigenvalue weighted by atomic mass is 10.0. The normalized spacial score (nSPS) is 14.7. The quantitative estimate of drug-likeness (QED) is 0.645. The van der Waals surface area contributed by atoms with Crippen LogP contribution in [0.3, 0.4) is 0 Å². The number of hydrogen-bond acceptors (Lipinski definition) is 5. The van der Waals surface area contributed by atoms with Gasteiger partial charge in [0.2, 0.25) is 5.91 Å². The Morgan fingerprint density at radius 1 is 1.13 bits per heavy atom. The highest BCUT2D eigenvalue weighted by Crippen LogP contribution is 2.28. The van der Waals surface area contributed by atoms with Gasteiger partial charge in [0.1, 0.15) is 6.33 Å². The molecular weight excluding hydrogens is 400 g/mol. The van der Waals surface area contributed by atoms with Gasteiger partial charge in [-0.3, -0.25) is 4.79 Å². The summed E-state index contributed by atoms with van der Waals surface area (Å²) in [6.07, 6.45) is 6.31. The maximum atomic E-state index is 13.0. The molecule has 1 saturated carbocycles. The van der Waals surface area contributed by atoms with Crippen molar-refractivity contribution in [2.45, 2.75) is 43.9 Å². The van der Waals surface area contributed by atoms with E-state index >= 15 is 0 Å². The van der Waals surface area contributed by atoms with Crippen LogP contribution in [-0.4, -0.2) is 28.5 Å². The Kier molecular flexibility index (Phi) is 5.67. The summed E-state index contributed by atoms with van der Waals surface area (Å²) in [4.78, 5) is 16.5. The van der Waals surface area contributed by atoms with Crippen molar-refractivity contribution >= 4 is 21.6 Å². The van der Waals surface area contributed by atoms with Crippen molar-refractivity contribution in [2.24, 2.45) is 5.92 Å². The van der Waals surface area contributed by atoms with Gasteiger partial charge in [-0.25, -0.2) is 4.98 Å². The molecule has 1 aliphatic rings. The summed E-state index contributed by atoms with van der Waals surface area (Å²) in [5.74, 6) is 0.769. The topological polar surface area (TPSA) is 94.0 Å². The first kappa shape index (κ1) is 20.3. The second kappa shape index (κ2) is 8.39. The lowest BCUT2D eigenvalue weighted by Crippen LogP contribution is -2.17. The van der Waals surface area contributed by atoms with Gasteiger partial charge >= 0.3 is 0 Å². The molecule has 156 valence electrons. The van der Waals surface area contributed by atoms with E-state index in [9.17, 15) is 13.2 Å². The Balaban J connectivity index is 1.52. The summed E-state index contributed by atoms with van der Waals surface area (Å²) in [5, 5.41) is 7.03. The van der Waals surface area contributed by atoms with Gasteiger partial charge in [-0.05, 0) is 49.4 Å². The van der Waals surface area contributed by atoms with Crippen LogP contribution in [0.1, 0.15) is 37.7 Å². The fourth-order valence-corrected chi connectivity index (χ4v) is 5.15. The highest BCUT2D eigenvalue weighted by atomic mass is 32.2. The van der Waals surface area contributed by atoms with Crippen molar-refractivity contribution < 1.29 is 13.2 Å². The summed E-state index contributed by atoms with van der Waals surface area (Å²) >= 11 is 0. The molecule has 3 aromatic rings. The summed E-state index contributed by atoms with van der Waals surface area (Å²) in [6.45, 7) is 1.70. The number of nitrogens with one attached hydrogen (secondary N) is 1. The number of nitrogens with zero attached hydrogens (tertiary/aromatic N) is 3. The van der Waals surface area contributed by atoms with E-state index in [1.807, 2.05) is 30.3 Å². The molecule has 0 saturated heterocycles. The zero-order chi connectivity index (χ0) is 21.1. The van der Waals surface area contributed by atoms with Crippen LogP contribution in [0.15, 0.2) is 59.8 Å². The molecule has 1 fully saturated rings. The summed E-state index contributed by atoms with van der Waals surface area (Å²) < 4.78 is 27.0. The molecule has 8 heteroatoms. The fraction of sp³-hybridized carbons (Fsp3) is 0.318. The summed E-state index contributed by atoms with van der Waals surface area (Å²) in [7, 11) is -3.89. The molecular formula is C22H24N4O3S. The second-order valence-corrected chi connectivity index (χ2v) is 9.46. The minimum atomic E-state index is -3.89. The maximum absolute atomic E-state index is 13.0. The zero-order valence-electron chi connectivity index (χ0n) is 16.8. The molecule has 7 nitrogen and oxygen atoms in total. The molecule has 0 spiro atoms. The van der Waals surface area contributed by atoms with Crippen LogP contribution in [0.25, 0.3) is 11.4 Å².